The number of aliphatic hydroxyl groups is 4. The average molecular weight is 879 g/mol. The van der Waals surface area contributed by atoms with Crippen molar-refractivity contribution < 1.29 is 25.2 Å². The zero-order valence-electron chi connectivity index (χ0n) is 41.9. The van der Waals surface area contributed by atoms with Crippen LogP contribution in [0.4, 0.5) is 0 Å². The van der Waals surface area contributed by atoms with Crippen LogP contribution in [0.25, 0.3) is 0 Å². The van der Waals surface area contributed by atoms with Crippen LogP contribution in [0.2, 0.25) is 0 Å². The van der Waals surface area contributed by atoms with Crippen LogP contribution in [-0.4, -0.2) is 57.3 Å². The number of allylic oxidation sites excluding steroid dienone is 2. The Morgan fingerprint density at radius 1 is 0.387 bits per heavy atom. The molecule has 0 aromatic rings. The van der Waals surface area contributed by atoms with E-state index in [9.17, 15) is 25.2 Å². The van der Waals surface area contributed by atoms with Gasteiger partial charge < -0.3 is 25.7 Å². The maximum Gasteiger partial charge on any atom is 0.249 e. The molecule has 4 atom stereocenters. The lowest BCUT2D eigenvalue weighted by Gasteiger charge is -2.27. The highest BCUT2D eigenvalue weighted by Gasteiger charge is 2.28. The standard InChI is InChI=1S/C56H111NO5/c1-3-5-7-9-11-13-15-17-18-19-20-21-22-23-24-25-26-27-28-29-30-31-32-33-34-35-36-37-38-40-42-44-46-48-50-54(60)56(62)57-52(51-58)55(61)53(59)49-47-45-43-41-39-16-14-12-10-8-6-4-2/h25-26,52-55,58-61H,3-24,27-51H2,1-2H3,(H,57,62)/b26-25-. The Bertz CT molecular complexity index is 898. The number of carbonyl (C=O) groups is 1. The van der Waals surface area contributed by atoms with Gasteiger partial charge >= 0.3 is 0 Å². The lowest BCUT2D eigenvalue weighted by Crippen LogP contribution is -2.53. The third-order valence-corrected chi connectivity index (χ3v) is 13.5. The maximum atomic E-state index is 12.6. The molecule has 5 N–H and O–H groups in total. The van der Waals surface area contributed by atoms with E-state index in [-0.39, 0.29) is 0 Å². The Kier molecular flexibility index (Phi) is 50.3. The molecule has 0 bridgehead atoms. The number of aliphatic hydroxyl groups excluding tert-OH is 4. The molecule has 0 aliphatic carbocycles. The van der Waals surface area contributed by atoms with Crippen molar-refractivity contribution in [2.75, 3.05) is 6.61 Å². The van der Waals surface area contributed by atoms with E-state index in [1.54, 1.807) is 0 Å². The van der Waals surface area contributed by atoms with Gasteiger partial charge in [0, 0.05) is 0 Å². The number of amides is 1. The fourth-order valence-corrected chi connectivity index (χ4v) is 9.05. The van der Waals surface area contributed by atoms with E-state index in [0.717, 1.165) is 38.5 Å². The summed E-state index contributed by atoms with van der Waals surface area (Å²) in [6, 6.07) is -0.981. The van der Waals surface area contributed by atoms with Crippen LogP contribution in [-0.2, 0) is 4.79 Å². The number of nitrogens with one attached hydrogen (secondary N) is 1. The minimum absolute atomic E-state index is 0.373. The molecule has 0 saturated heterocycles. The number of carbonyl (C=O) groups excluding carboxylic acids is 1. The highest BCUT2D eigenvalue weighted by Crippen LogP contribution is 2.18. The Hall–Kier alpha value is -0.950. The molecule has 0 aliphatic rings. The summed E-state index contributed by atoms with van der Waals surface area (Å²) < 4.78 is 0. The van der Waals surface area contributed by atoms with Gasteiger partial charge in [0.05, 0.1) is 18.8 Å². The monoisotopic (exact) mass is 878 g/mol. The van der Waals surface area contributed by atoms with Crippen molar-refractivity contribution in [3.63, 3.8) is 0 Å². The number of hydrogen-bond acceptors (Lipinski definition) is 5. The van der Waals surface area contributed by atoms with Gasteiger partial charge in [-0.05, 0) is 38.5 Å². The van der Waals surface area contributed by atoms with Gasteiger partial charge in [0.1, 0.15) is 12.2 Å². The van der Waals surface area contributed by atoms with Gasteiger partial charge in [-0.1, -0.05) is 283 Å². The first-order chi connectivity index (χ1) is 30.5. The Labute approximate surface area is 387 Å². The lowest BCUT2D eigenvalue weighted by atomic mass is 9.99. The van der Waals surface area contributed by atoms with Gasteiger partial charge in [0.15, 0.2) is 0 Å². The minimum Gasteiger partial charge on any atom is -0.394 e. The van der Waals surface area contributed by atoms with Crippen molar-refractivity contribution >= 4 is 5.91 Å². The van der Waals surface area contributed by atoms with Crippen LogP contribution in [0.1, 0.15) is 309 Å². The van der Waals surface area contributed by atoms with Crippen LogP contribution in [0.3, 0.4) is 0 Å². The Morgan fingerprint density at radius 3 is 0.935 bits per heavy atom. The van der Waals surface area contributed by atoms with Gasteiger partial charge in [-0.25, -0.2) is 0 Å². The van der Waals surface area contributed by atoms with Crippen molar-refractivity contribution in [1.29, 1.82) is 0 Å². The molecule has 4 unspecified atom stereocenters. The van der Waals surface area contributed by atoms with Gasteiger partial charge in [-0.3, -0.25) is 4.79 Å². The Morgan fingerprint density at radius 2 is 0.645 bits per heavy atom. The SMILES string of the molecule is CCCCCCCCCCCCCCCC/C=C\CCCCCCCCCCCCCCCCCCC(O)C(=O)NC(CO)C(O)C(O)CCCCCCCCCCCCCC. The van der Waals surface area contributed by atoms with E-state index in [2.05, 4.69) is 31.3 Å². The summed E-state index contributed by atoms with van der Waals surface area (Å²) >= 11 is 0. The predicted octanol–water partition coefficient (Wildman–Crippen LogP) is 16.1. The van der Waals surface area contributed by atoms with E-state index in [0.29, 0.717) is 12.8 Å². The summed E-state index contributed by atoms with van der Waals surface area (Å²) in [6.45, 7) is 4.07. The summed E-state index contributed by atoms with van der Waals surface area (Å²) in [5.41, 5.74) is 0. The maximum absolute atomic E-state index is 12.6. The largest absolute Gasteiger partial charge is 0.394 e. The van der Waals surface area contributed by atoms with Crippen molar-refractivity contribution in [3.8, 4) is 0 Å². The number of unbranched alkanes of at least 4 members (excludes halogenated alkanes) is 41. The molecule has 6 nitrogen and oxygen atoms in total. The fourth-order valence-electron chi connectivity index (χ4n) is 9.05. The molecule has 0 aromatic carbocycles. The molecular formula is C56H111NO5. The third kappa shape index (κ3) is 44.3. The molecule has 6 heteroatoms. The van der Waals surface area contributed by atoms with E-state index >= 15 is 0 Å². The van der Waals surface area contributed by atoms with Crippen LogP contribution in [0, 0.1) is 0 Å². The zero-order valence-corrected chi connectivity index (χ0v) is 41.9. The zero-order chi connectivity index (χ0) is 45.2. The molecule has 62 heavy (non-hydrogen) atoms. The predicted molar refractivity (Wildman–Crippen MR) is 270 cm³/mol. The first-order valence-corrected chi connectivity index (χ1v) is 28.1. The van der Waals surface area contributed by atoms with Gasteiger partial charge in [0.2, 0.25) is 5.91 Å². The van der Waals surface area contributed by atoms with Crippen molar-refractivity contribution in [3.05, 3.63) is 12.2 Å². The number of rotatable bonds is 52. The molecule has 0 aliphatic heterocycles. The summed E-state index contributed by atoms with van der Waals surface area (Å²) in [4.78, 5) is 12.6. The van der Waals surface area contributed by atoms with E-state index in [4.69, 9.17) is 0 Å². The Balaban J connectivity index is 3.51. The second-order valence-corrected chi connectivity index (χ2v) is 19.6. The van der Waals surface area contributed by atoms with Gasteiger partial charge in [-0.2, -0.15) is 0 Å². The highest BCUT2D eigenvalue weighted by molar-refractivity contribution is 5.80. The molecule has 0 radical (unpaired) electrons. The fraction of sp³-hybridized carbons (Fsp3) is 0.946. The second kappa shape index (κ2) is 51.0. The quantitative estimate of drug-likeness (QED) is 0.0309. The van der Waals surface area contributed by atoms with E-state index in [1.807, 2.05) is 0 Å². The van der Waals surface area contributed by atoms with Crippen molar-refractivity contribution in [2.24, 2.45) is 0 Å². The van der Waals surface area contributed by atoms with Gasteiger partial charge in [-0.15, -0.1) is 0 Å². The van der Waals surface area contributed by atoms with Crippen LogP contribution < -0.4 is 5.32 Å². The molecule has 0 aromatic heterocycles. The molecule has 0 fully saturated rings. The molecule has 370 valence electrons. The smallest absolute Gasteiger partial charge is 0.249 e. The second-order valence-electron chi connectivity index (χ2n) is 19.6. The van der Waals surface area contributed by atoms with Gasteiger partial charge in [0.25, 0.3) is 0 Å². The van der Waals surface area contributed by atoms with E-state index < -0.39 is 36.9 Å². The highest BCUT2D eigenvalue weighted by atomic mass is 16.3. The minimum atomic E-state index is -1.25. The topological polar surface area (TPSA) is 110 Å². The molecular weight excluding hydrogens is 767 g/mol. The normalized spacial score (nSPS) is 13.8. The van der Waals surface area contributed by atoms with Crippen LogP contribution in [0.15, 0.2) is 12.2 Å². The lowest BCUT2D eigenvalue weighted by molar-refractivity contribution is -0.132. The molecule has 0 saturated carbocycles. The van der Waals surface area contributed by atoms with Crippen LogP contribution >= 0.6 is 0 Å². The molecule has 0 spiro atoms. The first kappa shape index (κ1) is 61.0. The van der Waals surface area contributed by atoms with Crippen molar-refractivity contribution in [2.45, 2.75) is 334 Å². The molecule has 0 heterocycles. The third-order valence-electron chi connectivity index (χ3n) is 13.5. The summed E-state index contributed by atoms with van der Waals surface area (Å²) in [7, 11) is 0. The van der Waals surface area contributed by atoms with Crippen molar-refractivity contribution in [1.82, 2.24) is 5.32 Å². The van der Waals surface area contributed by atoms with Crippen LogP contribution in [0.5, 0.6) is 0 Å². The average Bonchev–Trinajstić information content (AvgIpc) is 3.28. The number of hydrogen-bond donors (Lipinski definition) is 5. The summed E-state index contributed by atoms with van der Waals surface area (Å²) in [6.07, 6.45) is 60.1. The molecule has 1 amide bonds. The van der Waals surface area contributed by atoms with E-state index in [1.165, 1.54) is 244 Å². The summed E-state index contributed by atoms with van der Waals surface area (Å²) in [5.74, 6) is -0.579. The molecule has 0 rings (SSSR count). The first-order valence-electron chi connectivity index (χ1n) is 28.1. The summed E-state index contributed by atoms with van der Waals surface area (Å²) in [5, 5.41) is 43.8.